The Kier molecular flexibility index (Phi) is 4.92. The predicted octanol–water partition coefficient (Wildman–Crippen LogP) is -0.953. The van der Waals surface area contributed by atoms with E-state index in [2.05, 4.69) is 10.4 Å². The molecule has 0 aliphatic carbocycles. The van der Waals surface area contributed by atoms with Crippen LogP contribution in [0.25, 0.3) is 0 Å². The summed E-state index contributed by atoms with van der Waals surface area (Å²) in [6.07, 6.45) is 2.65. The molecule has 1 amide bonds. The molecule has 0 aliphatic heterocycles. The number of carboxylic acids is 2. The fourth-order valence-electron chi connectivity index (χ4n) is 1.20. The summed E-state index contributed by atoms with van der Waals surface area (Å²) in [6, 6.07) is 0.450. The summed E-state index contributed by atoms with van der Waals surface area (Å²) in [4.78, 5) is 32.6. The zero-order valence-electron chi connectivity index (χ0n) is 10.2. The molecule has 1 rings (SSSR count). The first-order valence-electron chi connectivity index (χ1n) is 5.51. The third kappa shape index (κ3) is 4.70. The van der Waals surface area contributed by atoms with E-state index >= 15 is 0 Å². The van der Waals surface area contributed by atoms with Crippen LogP contribution in [-0.4, -0.2) is 39.2 Å². The number of carboxylic acid groups (broad SMARTS) is 2. The van der Waals surface area contributed by atoms with Crippen LogP contribution >= 0.6 is 0 Å². The lowest BCUT2D eigenvalue weighted by Gasteiger charge is -2.07. The number of aromatic nitrogens is 2. The first kappa shape index (κ1) is 14.6. The van der Waals surface area contributed by atoms with E-state index in [0.717, 1.165) is 0 Å². The van der Waals surface area contributed by atoms with E-state index < -0.39 is 23.9 Å². The number of aryl methyl sites for hydroxylation is 1. The van der Waals surface area contributed by atoms with Gasteiger partial charge in [0.15, 0.2) is 12.7 Å². The van der Waals surface area contributed by atoms with Crippen molar-refractivity contribution in [3.63, 3.8) is 0 Å². The lowest BCUT2D eigenvalue weighted by atomic mass is 10.2. The molecule has 0 aromatic carbocycles. The second-order valence-corrected chi connectivity index (χ2v) is 3.86. The van der Waals surface area contributed by atoms with Gasteiger partial charge in [0.05, 0.1) is 5.56 Å². The Morgan fingerprint density at radius 3 is 2.58 bits per heavy atom. The zero-order chi connectivity index (χ0) is 14.4. The molecule has 1 heterocycles. The Labute approximate surface area is 108 Å². The van der Waals surface area contributed by atoms with Gasteiger partial charge in [-0.25, -0.2) is 0 Å². The number of carbonyl (C=O) groups excluding carboxylic acids is 1. The fraction of sp³-hybridized carbons (Fsp3) is 0.364. The average Bonchev–Trinajstić information content (AvgIpc) is 2.36. The Morgan fingerprint density at radius 2 is 2.11 bits per heavy atom. The fourth-order valence-corrected chi connectivity index (χ4v) is 1.20. The van der Waals surface area contributed by atoms with Crippen molar-refractivity contribution in [3.8, 4) is 0 Å². The molecule has 0 bridgehead atoms. The highest BCUT2D eigenvalue weighted by molar-refractivity contribution is 5.96. The molecular formula is C11H14N3O5+. The van der Waals surface area contributed by atoms with Gasteiger partial charge < -0.3 is 15.5 Å². The number of aliphatic carboxylic acids is 2. The highest BCUT2D eigenvalue weighted by Crippen LogP contribution is 1.95. The summed E-state index contributed by atoms with van der Waals surface area (Å²) in [5.74, 6) is -2.62. The van der Waals surface area contributed by atoms with E-state index in [1.807, 2.05) is 0 Å². The van der Waals surface area contributed by atoms with Crippen LogP contribution in [0.1, 0.15) is 23.7 Å². The van der Waals surface area contributed by atoms with Gasteiger partial charge in [-0.15, -0.1) is 0 Å². The molecule has 1 unspecified atom stereocenters. The molecule has 1 atom stereocenters. The summed E-state index contributed by atoms with van der Waals surface area (Å²) in [5.41, 5.74) is 0.208. The van der Waals surface area contributed by atoms with Crippen molar-refractivity contribution in [3.05, 3.63) is 24.0 Å². The predicted molar refractivity (Wildman–Crippen MR) is 61.2 cm³/mol. The van der Waals surface area contributed by atoms with Crippen LogP contribution < -0.4 is 10.00 Å². The lowest BCUT2D eigenvalue weighted by molar-refractivity contribution is -0.753. The maximum absolute atomic E-state index is 11.6. The van der Waals surface area contributed by atoms with Crippen LogP contribution in [-0.2, 0) is 16.1 Å². The van der Waals surface area contributed by atoms with Crippen LogP contribution in [0, 0.1) is 0 Å². The van der Waals surface area contributed by atoms with Gasteiger partial charge in [0.2, 0.25) is 0 Å². The molecular weight excluding hydrogens is 254 g/mol. The SMILES string of the molecule is CC(NC(=O)c1cc[n+](CCC(=O)O)nc1)C(=O)O. The molecule has 0 fully saturated rings. The molecule has 0 spiro atoms. The molecule has 1 aromatic rings. The second kappa shape index (κ2) is 6.43. The molecule has 8 nitrogen and oxygen atoms in total. The summed E-state index contributed by atoms with van der Waals surface area (Å²) in [6.45, 7) is 1.55. The molecule has 0 radical (unpaired) electrons. The van der Waals surface area contributed by atoms with Crippen molar-refractivity contribution in [1.82, 2.24) is 10.4 Å². The molecule has 1 aromatic heterocycles. The van der Waals surface area contributed by atoms with E-state index in [0.29, 0.717) is 0 Å². The minimum absolute atomic E-state index is 0.0702. The monoisotopic (exact) mass is 268 g/mol. The highest BCUT2D eigenvalue weighted by atomic mass is 16.4. The molecule has 102 valence electrons. The summed E-state index contributed by atoms with van der Waals surface area (Å²) >= 11 is 0. The number of nitrogens with zero attached hydrogens (tertiary/aromatic N) is 2. The van der Waals surface area contributed by atoms with Crippen molar-refractivity contribution in [2.75, 3.05) is 0 Å². The van der Waals surface area contributed by atoms with Gasteiger partial charge in [0.1, 0.15) is 18.7 Å². The largest absolute Gasteiger partial charge is 0.481 e. The Bertz CT molecular complexity index is 486. The molecule has 3 N–H and O–H groups in total. The number of carbonyl (C=O) groups is 3. The van der Waals surface area contributed by atoms with Gasteiger partial charge >= 0.3 is 11.9 Å². The maximum atomic E-state index is 11.6. The van der Waals surface area contributed by atoms with Gasteiger partial charge in [0, 0.05) is 6.07 Å². The number of amides is 1. The third-order valence-corrected chi connectivity index (χ3v) is 2.31. The van der Waals surface area contributed by atoms with Gasteiger partial charge in [-0.1, -0.05) is 4.68 Å². The number of nitrogens with one attached hydrogen (secondary N) is 1. The molecule has 0 saturated carbocycles. The number of hydrogen-bond donors (Lipinski definition) is 3. The van der Waals surface area contributed by atoms with Crippen molar-refractivity contribution in [1.29, 1.82) is 0 Å². The quantitative estimate of drug-likeness (QED) is 0.572. The zero-order valence-corrected chi connectivity index (χ0v) is 10.2. The first-order chi connectivity index (χ1) is 8.90. The van der Waals surface area contributed by atoms with E-state index in [1.54, 1.807) is 0 Å². The number of rotatable bonds is 6. The van der Waals surface area contributed by atoms with Gasteiger partial charge in [-0.3, -0.25) is 14.4 Å². The maximum Gasteiger partial charge on any atom is 0.325 e. The Balaban J connectivity index is 2.62. The Hall–Kier alpha value is -2.51. The van der Waals surface area contributed by atoms with E-state index in [-0.39, 0.29) is 18.5 Å². The normalized spacial score (nSPS) is 11.6. The highest BCUT2D eigenvalue weighted by Gasteiger charge is 2.16. The molecule has 8 heteroatoms. The van der Waals surface area contributed by atoms with Crippen LogP contribution in [0.15, 0.2) is 18.5 Å². The summed E-state index contributed by atoms with van der Waals surface area (Å²) in [7, 11) is 0. The van der Waals surface area contributed by atoms with E-state index in [4.69, 9.17) is 10.2 Å². The molecule has 0 saturated heterocycles. The first-order valence-corrected chi connectivity index (χ1v) is 5.51. The molecule has 0 aliphatic rings. The molecule has 19 heavy (non-hydrogen) atoms. The van der Waals surface area contributed by atoms with Crippen molar-refractivity contribution < 1.29 is 29.3 Å². The average molecular weight is 268 g/mol. The van der Waals surface area contributed by atoms with Crippen LogP contribution in [0.2, 0.25) is 0 Å². The van der Waals surface area contributed by atoms with Crippen molar-refractivity contribution in [2.45, 2.75) is 25.9 Å². The Morgan fingerprint density at radius 1 is 1.42 bits per heavy atom. The second-order valence-electron chi connectivity index (χ2n) is 3.86. The summed E-state index contributed by atoms with van der Waals surface area (Å²) in [5, 5.41) is 23.3. The standard InChI is InChI=1S/C11H13N3O5/c1-7(11(18)19)13-10(17)8-2-4-14(12-6-8)5-3-9(15)16/h2,4,6-7H,3,5H2,1H3,(H2-,13,15,16,17,18,19)/p+1. The van der Waals surface area contributed by atoms with Gasteiger partial charge in [-0.2, -0.15) is 0 Å². The van der Waals surface area contributed by atoms with Crippen LogP contribution in [0.3, 0.4) is 0 Å². The topological polar surface area (TPSA) is 120 Å². The smallest absolute Gasteiger partial charge is 0.325 e. The van der Waals surface area contributed by atoms with Crippen molar-refractivity contribution >= 4 is 17.8 Å². The van der Waals surface area contributed by atoms with Crippen LogP contribution in [0.5, 0.6) is 0 Å². The van der Waals surface area contributed by atoms with E-state index in [1.165, 1.54) is 30.1 Å². The third-order valence-electron chi connectivity index (χ3n) is 2.31. The number of hydrogen-bond acceptors (Lipinski definition) is 4. The van der Waals surface area contributed by atoms with Gasteiger partial charge in [0.25, 0.3) is 5.91 Å². The summed E-state index contributed by atoms with van der Waals surface area (Å²) < 4.78 is 1.38. The minimum atomic E-state index is -1.13. The van der Waals surface area contributed by atoms with Crippen LogP contribution in [0.4, 0.5) is 0 Å². The van der Waals surface area contributed by atoms with Gasteiger partial charge in [-0.05, 0) is 12.0 Å². The van der Waals surface area contributed by atoms with E-state index in [9.17, 15) is 14.4 Å². The van der Waals surface area contributed by atoms with Crippen molar-refractivity contribution in [2.24, 2.45) is 0 Å². The lowest BCUT2D eigenvalue weighted by Crippen LogP contribution is -2.41. The minimum Gasteiger partial charge on any atom is -0.481 e.